The van der Waals surface area contributed by atoms with Crippen LogP contribution < -0.4 is 0 Å². The highest BCUT2D eigenvalue weighted by molar-refractivity contribution is 7.91. The van der Waals surface area contributed by atoms with Crippen molar-refractivity contribution < 1.29 is 4.18 Å². The standard InChI is InChI=1S/C12H19OS/c1-8-6-11(13-14(4)5)10-7-9(8)12(10,2)3/h6,9-10H,1,7H2,2-5H3/q+1/t9-,10+/m1/s1. The van der Waals surface area contributed by atoms with Crippen molar-refractivity contribution in [1.82, 2.24) is 0 Å². The van der Waals surface area contributed by atoms with Gasteiger partial charge < -0.3 is 0 Å². The van der Waals surface area contributed by atoms with Crippen molar-refractivity contribution in [3.05, 3.63) is 24.0 Å². The van der Waals surface area contributed by atoms with Crippen molar-refractivity contribution in [2.45, 2.75) is 20.3 Å². The third-order valence-electron chi connectivity index (χ3n) is 3.65. The van der Waals surface area contributed by atoms with Gasteiger partial charge in [-0.25, -0.2) is 0 Å². The van der Waals surface area contributed by atoms with Gasteiger partial charge in [0.05, 0.1) is 0 Å². The lowest BCUT2D eigenvalue weighted by molar-refractivity contribution is 0.00102. The third kappa shape index (κ3) is 1.31. The molecule has 1 saturated carbocycles. The van der Waals surface area contributed by atoms with Gasteiger partial charge in [0.15, 0.2) is 16.9 Å². The molecule has 78 valence electrons. The zero-order chi connectivity index (χ0) is 10.5. The van der Waals surface area contributed by atoms with Crippen LogP contribution in [0.2, 0.25) is 0 Å². The van der Waals surface area contributed by atoms with Gasteiger partial charge >= 0.3 is 0 Å². The van der Waals surface area contributed by atoms with E-state index in [2.05, 4.69) is 39.0 Å². The van der Waals surface area contributed by atoms with Gasteiger partial charge in [-0.15, -0.1) is 0 Å². The smallest absolute Gasteiger partial charge is 0.190 e. The van der Waals surface area contributed by atoms with Gasteiger partial charge in [-0.2, -0.15) is 0 Å². The molecule has 0 unspecified atom stereocenters. The van der Waals surface area contributed by atoms with Gasteiger partial charge in [0.2, 0.25) is 0 Å². The van der Waals surface area contributed by atoms with E-state index in [1.807, 2.05) is 0 Å². The number of allylic oxidation sites excluding steroid dienone is 3. The van der Waals surface area contributed by atoms with E-state index in [1.54, 1.807) is 0 Å². The molecule has 14 heavy (non-hydrogen) atoms. The molecule has 0 aromatic rings. The molecule has 0 aliphatic heterocycles. The molecule has 0 saturated heterocycles. The minimum Gasteiger partial charge on any atom is -0.291 e. The van der Waals surface area contributed by atoms with Crippen LogP contribution in [-0.2, 0) is 15.4 Å². The monoisotopic (exact) mass is 211 g/mol. The van der Waals surface area contributed by atoms with Gasteiger partial charge in [0.25, 0.3) is 0 Å². The summed E-state index contributed by atoms with van der Waals surface area (Å²) < 4.78 is 5.88. The topological polar surface area (TPSA) is 9.23 Å². The lowest BCUT2D eigenvalue weighted by Crippen LogP contribution is -2.49. The molecule has 1 nitrogen and oxygen atoms in total. The molecule has 3 rings (SSSR count). The summed E-state index contributed by atoms with van der Waals surface area (Å²) in [5.41, 5.74) is 1.64. The van der Waals surface area contributed by atoms with Crippen molar-refractivity contribution in [3.63, 3.8) is 0 Å². The van der Waals surface area contributed by atoms with E-state index in [9.17, 15) is 0 Å². The Hall–Kier alpha value is -0.370. The van der Waals surface area contributed by atoms with E-state index < -0.39 is 0 Å². The molecule has 3 aliphatic carbocycles. The Balaban J connectivity index is 2.23. The first-order valence-corrected chi connectivity index (χ1v) is 7.06. The summed E-state index contributed by atoms with van der Waals surface area (Å²) in [6, 6.07) is 0. The first-order valence-electron chi connectivity index (χ1n) is 5.09. The van der Waals surface area contributed by atoms with E-state index in [0.29, 0.717) is 17.3 Å². The van der Waals surface area contributed by atoms with Gasteiger partial charge in [-0.05, 0) is 29.4 Å². The van der Waals surface area contributed by atoms with Crippen LogP contribution in [0.15, 0.2) is 24.0 Å². The molecule has 0 spiro atoms. The highest BCUT2D eigenvalue weighted by atomic mass is 32.2. The summed E-state index contributed by atoms with van der Waals surface area (Å²) in [5, 5.41) is 0. The summed E-state index contributed by atoms with van der Waals surface area (Å²) in [6.45, 7) is 8.79. The average Bonchev–Trinajstić information content (AvgIpc) is 2.00. The number of hydrogen-bond donors (Lipinski definition) is 0. The lowest BCUT2D eigenvalue weighted by atomic mass is 9.49. The fourth-order valence-corrected chi connectivity index (χ4v) is 3.25. The van der Waals surface area contributed by atoms with Gasteiger partial charge in [-0.1, -0.05) is 20.4 Å². The fraction of sp³-hybridized carbons (Fsp3) is 0.667. The number of fused-ring (bicyclic) bond motifs is 1. The Morgan fingerprint density at radius 2 is 2.07 bits per heavy atom. The molecule has 0 amide bonds. The summed E-state index contributed by atoms with van der Waals surface area (Å²) in [5.74, 6) is 2.50. The molecule has 1 fully saturated rings. The third-order valence-corrected chi connectivity index (χ3v) is 4.17. The molecule has 0 aromatic carbocycles. The first-order chi connectivity index (χ1) is 6.43. The fourth-order valence-electron chi connectivity index (χ4n) is 2.70. The van der Waals surface area contributed by atoms with Gasteiger partial charge in [0, 0.05) is 5.92 Å². The molecule has 2 atom stereocenters. The van der Waals surface area contributed by atoms with Crippen LogP contribution >= 0.6 is 0 Å². The van der Waals surface area contributed by atoms with Crippen molar-refractivity contribution in [1.29, 1.82) is 0 Å². The maximum Gasteiger partial charge on any atom is 0.190 e. The van der Waals surface area contributed by atoms with Crippen LogP contribution in [-0.4, -0.2) is 12.5 Å². The molecular weight excluding hydrogens is 192 g/mol. The second-order valence-corrected chi connectivity index (χ2v) is 6.76. The quantitative estimate of drug-likeness (QED) is 0.638. The Morgan fingerprint density at radius 1 is 1.43 bits per heavy atom. The zero-order valence-corrected chi connectivity index (χ0v) is 10.3. The van der Waals surface area contributed by atoms with Crippen LogP contribution in [0.3, 0.4) is 0 Å². The molecule has 0 aromatic heterocycles. The Bertz CT molecular complexity index is 301. The van der Waals surface area contributed by atoms with E-state index in [-0.39, 0.29) is 11.2 Å². The highest BCUT2D eigenvalue weighted by Crippen LogP contribution is 2.60. The summed E-state index contributed by atoms with van der Waals surface area (Å²) >= 11 is 0.0333. The molecule has 0 radical (unpaired) electrons. The first kappa shape index (κ1) is 10.2. The molecule has 3 aliphatic rings. The summed E-state index contributed by atoms with van der Waals surface area (Å²) in [7, 11) is 0. The van der Waals surface area contributed by atoms with E-state index in [0.717, 1.165) is 0 Å². The maximum atomic E-state index is 5.88. The number of rotatable bonds is 2. The summed E-state index contributed by atoms with van der Waals surface area (Å²) in [4.78, 5) is 0. The van der Waals surface area contributed by atoms with E-state index in [1.165, 1.54) is 17.8 Å². The van der Waals surface area contributed by atoms with Crippen LogP contribution in [0.5, 0.6) is 0 Å². The Morgan fingerprint density at radius 3 is 2.50 bits per heavy atom. The molecule has 0 N–H and O–H groups in total. The Kier molecular flexibility index (Phi) is 2.22. The van der Waals surface area contributed by atoms with Crippen molar-refractivity contribution in [3.8, 4) is 0 Å². The summed E-state index contributed by atoms with van der Waals surface area (Å²) in [6.07, 6.45) is 7.63. The van der Waals surface area contributed by atoms with Crippen molar-refractivity contribution >= 4 is 11.2 Å². The van der Waals surface area contributed by atoms with Gasteiger partial charge in [0.1, 0.15) is 12.5 Å². The molecule has 0 heterocycles. The van der Waals surface area contributed by atoms with E-state index >= 15 is 0 Å². The number of hydrogen-bond acceptors (Lipinski definition) is 1. The minimum atomic E-state index is 0.0333. The zero-order valence-electron chi connectivity index (χ0n) is 9.46. The maximum absolute atomic E-state index is 5.88. The van der Waals surface area contributed by atoms with Crippen LogP contribution in [0, 0.1) is 17.3 Å². The normalized spacial score (nSPS) is 33.8. The molecular formula is C12H19OS+. The minimum absolute atomic E-state index is 0.0333. The largest absolute Gasteiger partial charge is 0.291 e. The average molecular weight is 211 g/mol. The predicted molar refractivity (Wildman–Crippen MR) is 62.9 cm³/mol. The van der Waals surface area contributed by atoms with Crippen LogP contribution in [0.4, 0.5) is 0 Å². The second kappa shape index (κ2) is 3.06. The van der Waals surface area contributed by atoms with Crippen molar-refractivity contribution in [2.75, 3.05) is 12.5 Å². The van der Waals surface area contributed by atoms with Crippen LogP contribution in [0.25, 0.3) is 0 Å². The van der Waals surface area contributed by atoms with Crippen LogP contribution in [0.1, 0.15) is 20.3 Å². The predicted octanol–water partition coefficient (Wildman–Crippen LogP) is 2.91. The van der Waals surface area contributed by atoms with Crippen molar-refractivity contribution in [2.24, 2.45) is 17.3 Å². The Labute approximate surface area is 89.8 Å². The SMILES string of the molecule is C=C1C=C(O[S+](C)C)[C@@H]2C[C@H]1C2(C)C. The lowest BCUT2D eigenvalue weighted by Gasteiger charge is -2.55. The van der Waals surface area contributed by atoms with E-state index in [4.69, 9.17) is 4.18 Å². The van der Waals surface area contributed by atoms with Gasteiger partial charge in [-0.3, -0.25) is 4.18 Å². The molecule has 2 heteroatoms. The molecule has 2 bridgehead atoms. The highest BCUT2D eigenvalue weighted by Gasteiger charge is 2.55. The second-order valence-electron chi connectivity index (χ2n) is 5.11.